The molecule has 2 aliphatic heterocycles. The first-order chi connectivity index (χ1) is 15.8. The van der Waals surface area contributed by atoms with Crippen LogP contribution in [-0.4, -0.2) is 54.8 Å². The number of fused-ring (bicyclic) bond motifs is 2. The molecule has 0 amide bonds. The Balaban J connectivity index is 1.45. The summed E-state index contributed by atoms with van der Waals surface area (Å²) in [7, 11) is -5.12. The number of nitrogens with one attached hydrogen (secondary N) is 1. The van der Waals surface area contributed by atoms with E-state index in [0.717, 1.165) is 31.7 Å². The van der Waals surface area contributed by atoms with Gasteiger partial charge in [-0.2, -0.15) is 13.5 Å². The predicted molar refractivity (Wildman–Crippen MR) is 123 cm³/mol. The summed E-state index contributed by atoms with van der Waals surface area (Å²) in [5.74, 6) is 1.36. The minimum Gasteiger partial charge on any atom is -0.358 e. The topological polar surface area (TPSA) is 130 Å². The maximum Gasteiger partial charge on any atom is 0.488 e. The van der Waals surface area contributed by atoms with Crippen molar-refractivity contribution < 1.29 is 16.5 Å². The summed E-state index contributed by atoms with van der Waals surface area (Å²) in [5, 5.41) is 7.43. The molecule has 10 nitrogen and oxygen atoms in total. The van der Waals surface area contributed by atoms with Crippen LogP contribution in [0.2, 0.25) is 0 Å². The van der Waals surface area contributed by atoms with Crippen LogP contribution in [0.15, 0.2) is 24.4 Å². The fourth-order valence-electron chi connectivity index (χ4n) is 4.60. The van der Waals surface area contributed by atoms with Crippen molar-refractivity contribution in [1.29, 1.82) is 0 Å². The highest BCUT2D eigenvalue weighted by Gasteiger charge is 2.30. The van der Waals surface area contributed by atoms with Gasteiger partial charge in [-0.25, -0.2) is 9.97 Å². The number of rotatable bonds is 5. The van der Waals surface area contributed by atoms with Crippen LogP contribution in [0.3, 0.4) is 0 Å². The van der Waals surface area contributed by atoms with Crippen molar-refractivity contribution >= 4 is 39.0 Å². The van der Waals surface area contributed by atoms with Crippen LogP contribution < -0.4 is 19.7 Å². The van der Waals surface area contributed by atoms with E-state index in [1.54, 1.807) is 12.3 Å². The van der Waals surface area contributed by atoms with Gasteiger partial charge in [-0.3, -0.25) is 5.10 Å². The third kappa shape index (κ3) is 4.20. The van der Waals surface area contributed by atoms with Crippen LogP contribution in [0.25, 0.3) is 11.2 Å². The second-order valence-corrected chi connectivity index (χ2v) is 9.91. The maximum atomic E-state index is 13.2. The van der Waals surface area contributed by atoms with Crippen molar-refractivity contribution in [2.24, 2.45) is 11.1 Å². The van der Waals surface area contributed by atoms with Gasteiger partial charge in [0.1, 0.15) is 5.82 Å². The summed E-state index contributed by atoms with van der Waals surface area (Å²) < 4.78 is 39.8. The zero-order valence-corrected chi connectivity index (χ0v) is 19.1. The third-order valence-electron chi connectivity index (χ3n) is 6.68. The van der Waals surface area contributed by atoms with Gasteiger partial charge in [-0.1, -0.05) is 16.9 Å². The molecular formula is C21H26FN7O3S. The average Bonchev–Trinajstić information content (AvgIpc) is 3.21. The Morgan fingerprint density at radius 2 is 2.06 bits per heavy atom. The number of nitrogens with two attached hydrogens (primary N) is 1. The molecule has 0 spiro atoms. The number of nitrogens with zero attached hydrogens (tertiary/aromatic N) is 5. The normalized spacial score (nSPS) is 18.4. The zero-order valence-electron chi connectivity index (χ0n) is 18.3. The van der Waals surface area contributed by atoms with Gasteiger partial charge in [0.25, 0.3) is 0 Å². The van der Waals surface area contributed by atoms with E-state index >= 15 is 0 Å². The van der Waals surface area contributed by atoms with Gasteiger partial charge < -0.3 is 19.7 Å². The van der Waals surface area contributed by atoms with Gasteiger partial charge in [0.05, 0.1) is 6.20 Å². The Labute approximate surface area is 191 Å². The quantitative estimate of drug-likeness (QED) is 0.535. The second-order valence-electron chi connectivity index (χ2n) is 8.96. The molecule has 0 radical (unpaired) electrons. The minimum absolute atomic E-state index is 0.0116. The van der Waals surface area contributed by atoms with E-state index in [0.29, 0.717) is 54.2 Å². The lowest BCUT2D eigenvalue weighted by Crippen LogP contribution is -2.42. The second kappa shape index (κ2) is 8.10. The molecule has 2 aromatic heterocycles. The number of piperidine rings is 1. The van der Waals surface area contributed by atoms with E-state index in [1.165, 1.54) is 6.07 Å². The number of aromatic nitrogens is 4. The van der Waals surface area contributed by atoms with Gasteiger partial charge in [0.2, 0.25) is 0 Å². The zero-order chi connectivity index (χ0) is 23.2. The summed E-state index contributed by atoms with van der Waals surface area (Å²) in [6.45, 7) is 5.28. The van der Waals surface area contributed by atoms with Crippen molar-refractivity contribution in [2.75, 3.05) is 36.0 Å². The van der Waals surface area contributed by atoms with Crippen LogP contribution in [0.4, 0.5) is 21.2 Å². The van der Waals surface area contributed by atoms with Crippen LogP contribution >= 0.6 is 0 Å². The third-order valence-corrected chi connectivity index (χ3v) is 7.06. The summed E-state index contributed by atoms with van der Waals surface area (Å²) in [5.41, 5.74) is 8.59. The van der Waals surface area contributed by atoms with Gasteiger partial charge in [-0.15, -0.1) is 0 Å². The Bertz CT molecular complexity index is 1290. The van der Waals surface area contributed by atoms with Gasteiger partial charge >= 0.3 is 10.5 Å². The van der Waals surface area contributed by atoms with E-state index in [1.807, 2.05) is 11.0 Å². The van der Waals surface area contributed by atoms with Crippen molar-refractivity contribution in [3.8, 4) is 5.75 Å². The molecule has 33 heavy (non-hydrogen) atoms. The molecule has 0 atom stereocenters. The lowest BCUT2D eigenvalue weighted by Gasteiger charge is -2.39. The average molecular weight is 476 g/mol. The van der Waals surface area contributed by atoms with Gasteiger partial charge in [0, 0.05) is 30.9 Å². The molecule has 3 N–H and O–H groups in total. The fourth-order valence-corrected chi connectivity index (χ4v) is 4.97. The highest BCUT2D eigenvalue weighted by molar-refractivity contribution is 7.81. The van der Waals surface area contributed by atoms with Crippen molar-refractivity contribution in [1.82, 2.24) is 20.2 Å². The molecule has 12 heteroatoms. The van der Waals surface area contributed by atoms with E-state index < -0.39 is 10.5 Å². The van der Waals surface area contributed by atoms with E-state index in [-0.39, 0.29) is 11.2 Å². The molecule has 4 heterocycles. The van der Waals surface area contributed by atoms with Gasteiger partial charge in [0.15, 0.2) is 22.7 Å². The molecule has 0 unspecified atom stereocenters. The lowest BCUT2D eigenvalue weighted by molar-refractivity contribution is 0.258. The van der Waals surface area contributed by atoms with Crippen molar-refractivity contribution in [3.63, 3.8) is 0 Å². The first-order valence-corrected chi connectivity index (χ1v) is 12.3. The molecule has 1 fully saturated rings. The van der Waals surface area contributed by atoms with Crippen molar-refractivity contribution in [2.45, 2.75) is 32.6 Å². The van der Waals surface area contributed by atoms with Crippen LogP contribution in [0, 0.1) is 5.41 Å². The monoisotopic (exact) mass is 475 g/mol. The predicted octanol–water partition coefficient (Wildman–Crippen LogP) is 2.60. The van der Waals surface area contributed by atoms with Gasteiger partial charge in [-0.05, 0) is 49.8 Å². The largest absolute Gasteiger partial charge is 0.488 e. The number of aromatic amines is 1. The number of H-pyrrole nitrogens is 1. The Morgan fingerprint density at radius 3 is 2.79 bits per heavy atom. The smallest absolute Gasteiger partial charge is 0.358 e. The summed E-state index contributed by atoms with van der Waals surface area (Å²) >= 11 is 0. The van der Waals surface area contributed by atoms with Crippen LogP contribution in [0.1, 0.15) is 31.7 Å². The Kier molecular flexibility index (Phi) is 5.36. The Hall–Kier alpha value is -2.99. The Morgan fingerprint density at radius 1 is 1.27 bits per heavy atom. The number of hydrogen-bond acceptors (Lipinski definition) is 9. The first kappa shape index (κ1) is 21.8. The minimum atomic E-state index is -5.12. The summed E-state index contributed by atoms with van der Waals surface area (Å²) in [4.78, 5) is 13.5. The molecule has 0 saturated carbocycles. The molecule has 3 aromatic rings. The number of hydrogen-bond donors (Lipinski definition) is 2. The first-order valence-electron chi connectivity index (χ1n) is 11.0. The molecule has 5 rings (SSSR count). The SMILES string of the molecule is CC1(CN)CCN(c2cnc3c(N4CCCc5c(OS(=O)(=O)F)cccc54)n[nH]c3n2)CC1. The van der Waals surface area contributed by atoms with E-state index in [4.69, 9.17) is 10.7 Å². The maximum absolute atomic E-state index is 13.2. The van der Waals surface area contributed by atoms with Crippen LogP contribution in [0.5, 0.6) is 5.75 Å². The summed E-state index contributed by atoms with van der Waals surface area (Å²) in [6.07, 6.45) is 5.04. The van der Waals surface area contributed by atoms with Crippen molar-refractivity contribution in [3.05, 3.63) is 30.0 Å². The molecule has 0 aliphatic carbocycles. The molecule has 0 bridgehead atoms. The lowest BCUT2D eigenvalue weighted by atomic mass is 9.80. The molecule has 2 aliphatic rings. The standard InChI is InChI=1S/C21H26FN7O3S/c1-21(13-23)7-10-28(11-8-21)17-12-24-18-19(25-17)26-27-20(18)29-9-3-4-14-15(29)5-2-6-16(14)32-33(22,30)31/h2,5-6,12H,3-4,7-11,13,23H2,1H3,(H,25,26,27). The molecule has 1 aromatic carbocycles. The summed E-state index contributed by atoms with van der Waals surface area (Å²) in [6, 6.07) is 4.90. The molecule has 1 saturated heterocycles. The number of benzene rings is 1. The molecular weight excluding hydrogens is 449 g/mol. The number of anilines is 3. The molecule has 176 valence electrons. The van der Waals surface area contributed by atoms with Crippen LogP contribution in [-0.2, 0) is 16.9 Å². The van der Waals surface area contributed by atoms with E-state index in [9.17, 15) is 12.3 Å². The highest BCUT2D eigenvalue weighted by Crippen LogP contribution is 2.40. The highest BCUT2D eigenvalue weighted by atomic mass is 32.3. The number of halogens is 1. The van der Waals surface area contributed by atoms with E-state index in [2.05, 4.69) is 31.2 Å². The fraction of sp³-hybridized carbons (Fsp3) is 0.476.